The zero-order valence-electron chi connectivity index (χ0n) is 15.2. The molecule has 0 aliphatic rings. The van der Waals surface area contributed by atoms with Crippen LogP contribution in [0.5, 0.6) is 0 Å². The summed E-state index contributed by atoms with van der Waals surface area (Å²) in [5.41, 5.74) is 3.03. The van der Waals surface area contributed by atoms with Gasteiger partial charge in [0, 0.05) is 0 Å². The number of unbranched alkanes of at least 4 members (excludes halogenated alkanes) is 9. The number of hydrogen-bond acceptors (Lipinski definition) is 0. The van der Waals surface area contributed by atoms with Gasteiger partial charge in [-0.15, -0.1) is 0 Å². The van der Waals surface area contributed by atoms with E-state index in [1.54, 1.807) is 5.56 Å². The molecule has 0 amide bonds. The van der Waals surface area contributed by atoms with E-state index < -0.39 is 0 Å². The van der Waals surface area contributed by atoms with Gasteiger partial charge in [0.2, 0.25) is 0 Å². The molecule has 2 aromatic carbocycles. The third kappa shape index (κ3) is 6.01. The predicted octanol–water partition coefficient (Wildman–Crippen LogP) is 7.61. The summed E-state index contributed by atoms with van der Waals surface area (Å²) in [6.07, 6.45) is 15.4. The average molecular weight is 311 g/mol. The SMILES string of the molecule is CCCCCCCCCCCCc1c(C)ccc2ccccc12. The maximum Gasteiger partial charge on any atom is -0.0149 e. The maximum absolute atomic E-state index is 2.29. The van der Waals surface area contributed by atoms with E-state index in [1.807, 2.05) is 0 Å². The topological polar surface area (TPSA) is 0 Å². The molecular weight excluding hydrogens is 276 g/mol. The van der Waals surface area contributed by atoms with Crippen LogP contribution in [0.1, 0.15) is 82.3 Å². The highest BCUT2D eigenvalue weighted by Crippen LogP contribution is 2.24. The van der Waals surface area contributed by atoms with Gasteiger partial charge in [-0.1, -0.05) is 101 Å². The summed E-state index contributed by atoms with van der Waals surface area (Å²) in [5, 5.41) is 2.85. The molecule has 2 aromatic rings. The van der Waals surface area contributed by atoms with Crippen molar-refractivity contribution in [3.63, 3.8) is 0 Å². The van der Waals surface area contributed by atoms with Gasteiger partial charge in [0.15, 0.2) is 0 Å². The molecule has 0 unspecified atom stereocenters. The summed E-state index contributed by atoms with van der Waals surface area (Å²) in [4.78, 5) is 0. The van der Waals surface area contributed by atoms with E-state index in [9.17, 15) is 0 Å². The fraction of sp³-hybridized carbons (Fsp3) is 0.565. The largest absolute Gasteiger partial charge is 0.0654 e. The van der Waals surface area contributed by atoms with Gasteiger partial charge >= 0.3 is 0 Å². The molecule has 0 saturated heterocycles. The number of fused-ring (bicyclic) bond motifs is 1. The minimum absolute atomic E-state index is 1.24. The summed E-state index contributed by atoms with van der Waals surface area (Å²) in [6, 6.07) is 13.4. The number of rotatable bonds is 11. The lowest BCUT2D eigenvalue weighted by Crippen LogP contribution is -1.92. The van der Waals surface area contributed by atoms with Crippen molar-refractivity contribution in [3.8, 4) is 0 Å². The fourth-order valence-corrected chi connectivity index (χ4v) is 3.57. The molecule has 23 heavy (non-hydrogen) atoms. The smallest absolute Gasteiger partial charge is 0.0149 e. The van der Waals surface area contributed by atoms with Crippen molar-refractivity contribution in [1.82, 2.24) is 0 Å². The molecule has 0 spiro atoms. The molecule has 2 rings (SSSR count). The van der Waals surface area contributed by atoms with Crippen LogP contribution in [0, 0.1) is 6.92 Å². The standard InChI is InChI=1S/C23H34/c1-3-4-5-6-7-8-9-10-11-12-16-22-20(2)18-19-21-15-13-14-17-23(21)22/h13-15,17-19H,3-12,16H2,1-2H3. The normalized spacial score (nSPS) is 11.2. The van der Waals surface area contributed by atoms with Gasteiger partial charge in [-0.05, 0) is 41.7 Å². The summed E-state index contributed by atoms with van der Waals surface area (Å²) < 4.78 is 0. The highest BCUT2D eigenvalue weighted by molar-refractivity contribution is 5.86. The van der Waals surface area contributed by atoms with Gasteiger partial charge in [-0.2, -0.15) is 0 Å². The van der Waals surface area contributed by atoms with Gasteiger partial charge < -0.3 is 0 Å². The average Bonchev–Trinajstić information content (AvgIpc) is 2.58. The van der Waals surface area contributed by atoms with Crippen molar-refractivity contribution in [2.24, 2.45) is 0 Å². The summed E-state index contributed by atoms with van der Waals surface area (Å²) in [6.45, 7) is 4.55. The van der Waals surface area contributed by atoms with Crippen molar-refractivity contribution >= 4 is 10.8 Å². The van der Waals surface area contributed by atoms with E-state index in [2.05, 4.69) is 50.2 Å². The van der Waals surface area contributed by atoms with Crippen LogP contribution in [0.25, 0.3) is 10.8 Å². The Bertz CT molecular complexity index is 567. The van der Waals surface area contributed by atoms with Crippen LogP contribution in [-0.2, 0) is 6.42 Å². The number of aryl methyl sites for hydroxylation is 2. The van der Waals surface area contributed by atoms with Crippen LogP contribution in [0.15, 0.2) is 36.4 Å². The van der Waals surface area contributed by atoms with Crippen LogP contribution in [0.4, 0.5) is 0 Å². The molecule has 0 N–H and O–H groups in total. The van der Waals surface area contributed by atoms with Gasteiger partial charge in [0.25, 0.3) is 0 Å². The molecule has 0 atom stereocenters. The van der Waals surface area contributed by atoms with E-state index >= 15 is 0 Å². The first kappa shape index (κ1) is 18.0. The molecule has 0 aliphatic heterocycles. The van der Waals surface area contributed by atoms with Crippen molar-refractivity contribution < 1.29 is 0 Å². The monoisotopic (exact) mass is 310 g/mol. The van der Waals surface area contributed by atoms with E-state index in [0.29, 0.717) is 0 Å². The molecule has 0 aromatic heterocycles. The molecule has 0 fully saturated rings. The van der Waals surface area contributed by atoms with Crippen molar-refractivity contribution in [3.05, 3.63) is 47.5 Å². The minimum Gasteiger partial charge on any atom is -0.0654 e. The molecule has 0 saturated carbocycles. The maximum atomic E-state index is 2.29. The Kier molecular flexibility index (Phi) is 8.21. The Hall–Kier alpha value is -1.30. The second kappa shape index (κ2) is 10.5. The van der Waals surface area contributed by atoms with Gasteiger partial charge in [-0.25, -0.2) is 0 Å². The summed E-state index contributed by atoms with van der Waals surface area (Å²) in [5.74, 6) is 0. The third-order valence-electron chi connectivity index (χ3n) is 5.06. The Morgan fingerprint density at radius 1 is 0.652 bits per heavy atom. The van der Waals surface area contributed by atoms with Crippen LogP contribution in [-0.4, -0.2) is 0 Å². The van der Waals surface area contributed by atoms with E-state index in [0.717, 1.165) is 0 Å². The second-order valence-corrected chi connectivity index (χ2v) is 7.01. The Labute approximate surface area is 143 Å². The molecule has 0 nitrogen and oxygen atoms in total. The zero-order valence-corrected chi connectivity index (χ0v) is 15.2. The first-order valence-corrected chi connectivity index (χ1v) is 9.80. The van der Waals surface area contributed by atoms with Gasteiger partial charge in [0.1, 0.15) is 0 Å². The third-order valence-corrected chi connectivity index (χ3v) is 5.06. The van der Waals surface area contributed by atoms with E-state index in [-0.39, 0.29) is 0 Å². The van der Waals surface area contributed by atoms with Crippen molar-refractivity contribution in [2.75, 3.05) is 0 Å². The van der Waals surface area contributed by atoms with E-state index in [1.165, 1.54) is 87.0 Å². The molecule has 126 valence electrons. The first-order valence-electron chi connectivity index (χ1n) is 9.80. The quantitative estimate of drug-likeness (QED) is 0.374. The zero-order chi connectivity index (χ0) is 16.3. The lowest BCUT2D eigenvalue weighted by atomic mass is 9.95. The Morgan fingerprint density at radius 2 is 1.26 bits per heavy atom. The first-order chi connectivity index (χ1) is 11.3. The van der Waals surface area contributed by atoms with Crippen molar-refractivity contribution in [1.29, 1.82) is 0 Å². The molecule has 0 aliphatic carbocycles. The van der Waals surface area contributed by atoms with Crippen LogP contribution in [0.2, 0.25) is 0 Å². The van der Waals surface area contributed by atoms with Crippen LogP contribution < -0.4 is 0 Å². The predicted molar refractivity (Wildman–Crippen MR) is 104 cm³/mol. The minimum atomic E-state index is 1.24. The molecule has 0 heterocycles. The molecule has 0 heteroatoms. The van der Waals surface area contributed by atoms with Crippen LogP contribution in [0.3, 0.4) is 0 Å². The van der Waals surface area contributed by atoms with Gasteiger partial charge in [0.05, 0.1) is 0 Å². The Morgan fingerprint density at radius 3 is 1.96 bits per heavy atom. The van der Waals surface area contributed by atoms with Crippen LogP contribution >= 0.6 is 0 Å². The molecular formula is C23H34. The summed E-state index contributed by atoms with van der Waals surface area (Å²) in [7, 11) is 0. The molecule has 0 radical (unpaired) electrons. The highest BCUT2D eigenvalue weighted by atomic mass is 14.1. The fourth-order valence-electron chi connectivity index (χ4n) is 3.57. The second-order valence-electron chi connectivity index (χ2n) is 7.01. The lowest BCUT2D eigenvalue weighted by molar-refractivity contribution is 0.556. The van der Waals surface area contributed by atoms with Crippen molar-refractivity contribution in [2.45, 2.75) is 84.5 Å². The number of hydrogen-bond donors (Lipinski definition) is 0. The highest BCUT2D eigenvalue weighted by Gasteiger charge is 2.04. The summed E-state index contributed by atoms with van der Waals surface area (Å²) >= 11 is 0. The molecule has 0 bridgehead atoms. The lowest BCUT2D eigenvalue weighted by Gasteiger charge is -2.10. The number of benzene rings is 2. The van der Waals surface area contributed by atoms with E-state index in [4.69, 9.17) is 0 Å². The Balaban J connectivity index is 1.66. The van der Waals surface area contributed by atoms with Gasteiger partial charge in [-0.3, -0.25) is 0 Å².